The van der Waals surface area contributed by atoms with Crippen molar-refractivity contribution in [1.82, 2.24) is 15.0 Å². The van der Waals surface area contributed by atoms with Crippen LogP contribution in [0.15, 0.2) is 4.52 Å². The van der Waals surface area contributed by atoms with Gasteiger partial charge in [-0.1, -0.05) is 19.0 Å². The van der Waals surface area contributed by atoms with Crippen molar-refractivity contribution in [2.75, 3.05) is 26.8 Å². The highest BCUT2D eigenvalue weighted by Gasteiger charge is 2.30. The number of carbonyl (C=O) groups is 1. The van der Waals surface area contributed by atoms with Gasteiger partial charge in [0.2, 0.25) is 11.8 Å². The van der Waals surface area contributed by atoms with Gasteiger partial charge in [0, 0.05) is 32.0 Å². The zero-order valence-corrected chi connectivity index (χ0v) is 14.1. The van der Waals surface area contributed by atoms with Crippen LogP contribution in [0.3, 0.4) is 0 Å². The molecule has 1 aliphatic heterocycles. The van der Waals surface area contributed by atoms with E-state index in [9.17, 15) is 4.79 Å². The van der Waals surface area contributed by atoms with Crippen LogP contribution in [0.5, 0.6) is 0 Å². The van der Waals surface area contributed by atoms with Gasteiger partial charge < -0.3 is 19.9 Å². The minimum absolute atomic E-state index is 0. The molecule has 1 fully saturated rings. The van der Waals surface area contributed by atoms with Gasteiger partial charge >= 0.3 is 0 Å². The second-order valence-corrected chi connectivity index (χ2v) is 5.83. The fourth-order valence-corrected chi connectivity index (χ4v) is 2.52. The van der Waals surface area contributed by atoms with Crippen LogP contribution in [-0.4, -0.2) is 53.8 Å². The highest BCUT2D eigenvalue weighted by atomic mass is 35.5. The average molecular weight is 333 g/mol. The van der Waals surface area contributed by atoms with Crippen LogP contribution in [0.2, 0.25) is 0 Å². The van der Waals surface area contributed by atoms with Crippen LogP contribution in [0.4, 0.5) is 0 Å². The topological polar surface area (TPSA) is 94.5 Å². The molecule has 2 N–H and O–H groups in total. The van der Waals surface area contributed by atoms with E-state index < -0.39 is 6.04 Å². The summed E-state index contributed by atoms with van der Waals surface area (Å²) in [5.74, 6) is 1.59. The van der Waals surface area contributed by atoms with E-state index in [4.69, 9.17) is 15.0 Å². The molecule has 7 nitrogen and oxygen atoms in total. The number of ether oxygens (including phenoxy) is 1. The molecule has 2 atom stereocenters. The number of rotatable bonds is 5. The quantitative estimate of drug-likeness (QED) is 0.873. The molecule has 2 unspecified atom stereocenters. The second-order valence-electron chi connectivity index (χ2n) is 5.83. The second kappa shape index (κ2) is 8.45. The Labute approximate surface area is 137 Å². The Morgan fingerprint density at radius 1 is 1.55 bits per heavy atom. The fraction of sp³-hybridized carbons (Fsp3) is 0.786. The molecule has 2 heterocycles. The molecule has 1 saturated heterocycles. The van der Waals surface area contributed by atoms with Gasteiger partial charge in [0.25, 0.3) is 0 Å². The molecule has 0 spiro atoms. The zero-order valence-electron chi connectivity index (χ0n) is 13.3. The van der Waals surface area contributed by atoms with Crippen molar-refractivity contribution in [2.24, 2.45) is 5.73 Å². The Morgan fingerprint density at radius 2 is 2.27 bits per heavy atom. The monoisotopic (exact) mass is 332 g/mol. The molecule has 1 amide bonds. The highest BCUT2D eigenvalue weighted by Crippen LogP contribution is 2.26. The third kappa shape index (κ3) is 4.41. The van der Waals surface area contributed by atoms with Gasteiger partial charge in [0.15, 0.2) is 5.82 Å². The van der Waals surface area contributed by atoms with E-state index in [-0.39, 0.29) is 36.8 Å². The molecule has 0 bridgehead atoms. The summed E-state index contributed by atoms with van der Waals surface area (Å²) in [4.78, 5) is 18.5. The summed E-state index contributed by atoms with van der Waals surface area (Å²) in [5, 5.41) is 4.06. The first-order chi connectivity index (χ1) is 10.0. The Morgan fingerprint density at radius 3 is 2.86 bits per heavy atom. The fourth-order valence-electron chi connectivity index (χ4n) is 2.52. The molecule has 8 heteroatoms. The molecule has 22 heavy (non-hydrogen) atoms. The maximum Gasteiger partial charge on any atom is 0.241 e. The van der Waals surface area contributed by atoms with Gasteiger partial charge in [-0.25, -0.2) is 0 Å². The van der Waals surface area contributed by atoms with Crippen molar-refractivity contribution in [3.63, 3.8) is 0 Å². The molecule has 2 rings (SSSR count). The molecular weight excluding hydrogens is 308 g/mol. The average Bonchev–Trinajstić information content (AvgIpc) is 2.97. The van der Waals surface area contributed by atoms with E-state index in [1.54, 1.807) is 12.0 Å². The van der Waals surface area contributed by atoms with E-state index in [2.05, 4.69) is 10.1 Å². The minimum Gasteiger partial charge on any atom is -0.383 e. The van der Waals surface area contributed by atoms with Crippen molar-refractivity contribution in [3.05, 3.63) is 11.7 Å². The van der Waals surface area contributed by atoms with Gasteiger partial charge in [-0.2, -0.15) is 4.98 Å². The highest BCUT2D eigenvalue weighted by molar-refractivity contribution is 5.85. The first kappa shape index (κ1) is 18.9. The maximum absolute atomic E-state index is 12.2. The van der Waals surface area contributed by atoms with Gasteiger partial charge in [0.05, 0.1) is 6.61 Å². The number of likely N-dealkylation sites (tertiary alicyclic amines) is 1. The lowest BCUT2D eigenvalue weighted by atomic mass is 9.97. The number of methoxy groups -OCH3 is 1. The Balaban J connectivity index is 0.00000242. The number of halogens is 1. The first-order valence-corrected chi connectivity index (χ1v) is 7.39. The van der Waals surface area contributed by atoms with E-state index in [1.165, 1.54) is 0 Å². The lowest BCUT2D eigenvalue weighted by molar-refractivity contribution is -0.135. The largest absolute Gasteiger partial charge is 0.383 e. The molecule has 0 saturated carbocycles. The summed E-state index contributed by atoms with van der Waals surface area (Å²) in [7, 11) is 1.54. The SMILES string of the molecule is COCC(N)C(=O)N1CCCC(c2noc(C(C)C)n2)C1.Cl. The van der Waals surface area contributed by atoms with Crippen molar-refractivity contribution in [2.45, 2.75) is 44.6 Å². The lowest BCUT2D eigenvalue weighted by Crippen LogP contribution is -2.49. The van der Waals surface area contributed by atoms with Gasteiger partial charge in [-0.3, -0.25) is 4.79 Å². The van der Waals surface area contributed by atoms with E-state index in [0.29, 0.717) is 18.3 Å². The van der Waals surface area contributed by atoms with Gasteiger partial charge in [0.1, 0.15) is 6.04 Å². The molecule has 126 valence electrons. The Bertz CT molecular complexity index is 480. The van der Waals surface area contributed by atoms with Crippen LogP contribution in [0, 0.1) is 0 Å². The van der Waals surface area contributed by atoms with Crippen LogP contribution in [0.1, 0.15) is 50.2 Å². The smallest absolute Gasteiger partial charge is 0.241 e. The third-order valence-corrected chi connectivity index (χ3v) is 3.71. The van der Waals surface area contributed by atoms with E-state index in [1.807, 2.05) is 13.8 Å². The van der Waals surface area contributed by atoms with Gasteiger partial charge in [-0.15, -0.1) is 12.4 Å². The van der Waals surface area contributed by atoms with E-state index >= 15 is 0 Å². The number of nitrogens with zero attached hydrogens (tertiary/aromatic N) is 3. The van der Waals surface area contributed by atoms with Crippen molar-refractivity contribution in [1.29, 1.82) is 0 Å². The predicted octanol–water partition coefficient (Wildman–Crippen LogP) is 1.29. The number of amides is 1. The normalized spacial score (nSPS) is 19.9. The van der Waals surface area contributed by atoms with Gasteiger partial charge in [-0.05, 0) is 12.8 Å². The summed E-state index contributed by atoms with van der Waals surface area (Å²) in [6, 6.07) is -0.606. The number of nitrogens with two attached hydrogens (primary N) is 1. The molecule has 1 aromatic rings. The summed E-state index contributed by atoms with van der Waals surface area (Å²) in [6.45, 7) is 5.57. The van der Waals surface area contributed by atoms with Crippen molar-refractivity contribution < 1.29 is 14.1 Å². The Kier molecular flexibility index (Phi) is 7.25. The summed E-state index contributed by atoms with van der Waals surface area (Å²) in [6.07, 6.45) is 1.88. The summed E-state index contributed by atoms with van der Waals surface area (Å²) < 4.78 is 10.2. The van der Waals surface area contributed by atoms with Crippen LogP contribution in [0.25, 0.3) is 0 Å². The number of piperidine rings is 1. The van der Waals surface area contributed by atoms with Crippen molar-refractivity contribution >= 4 is 18.3 Å². The standard InChI is InChI=1S/C14H24N4O3.ClH/c1-9(2)13-16-12(17-21-13)10-5-4-6-18(7-10)14(19)11(15)8-20-3;/h9-11H,4-8,15H2,1-3H3;1H. The summed E-state index contributed by atoms with van der Waals surface area (Å²) in [5.41, 5.74) is 5.82. The molecule has 1 aromatic heterocycles. The molecule has 0 radical (unpaired) electrons. The maximum atomic E-state index is 12.2. The molecule has 0 aliphatic carbocycles. The molecule has 0 aromatic carbocycles. The predicted molar refractivity (Wildman–Crippen MR) is 84.0 cm³/mol. The minimum atomic E-state index is -0.606. The molecule has 1 aliphatic rings. The number of hydrogen-bond acceptors (Lipinski definition) is 6. The third-order valence-electron chi connectivity index (χ3n) is 3.71. The van der Waals surface area contributed by atoms with Crippen molar-refractivity contribution in [3.8, 4) is 0 Å². The first-order valence-electron chi connectivity index (χ1n) is 7.39. The summed E-state index contributed by atoms with van der Waals surface area (Å²) >= 11 is 0. The Hall–Kier alpha value is -1.18. The molecular formula is C14H25ClN4O3. The van der Waals surface area contributed by atoms with Crippen LogP contribution < -0.4 is 5.73 Å². The number of carbonyl (C=O) groups excluding carboxylic acids is 1. The van der Waals surface area contributed by atoms with Crippen LogP contribution >= 0.6 is 12.4 Å². The van der Waals surface area contributed by atoms with E-state index in [0.717, 1.165) is 19.4 Å². The number of hydrogen-bond donors (Lipinski definition) is 1. The van der Waals surface area contributed by atoms with Crippen LogP contribution in [-0.2, 0) is 9.53 Å². The lowest BCUT2D eigenvalue weighted by Gasteiger charge is -2.32. The number of aromatic nitrogens is 2. The zero-order chi connectivity index (χ0) is 15.4.